The average Bonchev–Trinajstić information content (AvgIpc) is 3.17. The van der Waals surface area contributed by atoms with E-state index in [1.54, 1.807) is 25.3 Å². The molecular formula is C23H22FN5O3. The van der Waals surface area contributed by atoms with Gasteiger partial charge < -0.3 is 25.8 Å². The van der Waals surface area contributed by atoms with E-state index in [1.807, 2.05) is 24.3 Å². The Balaban J connectivity index is 1.52. The van der Waals surface area contributed by atoms with Crippen molar-refractivity contribution >= 4 is 34.1 Å². The Bertz CT molecular complexity index is 1240. The third-order valence-corrected chi connectivity index (χ3v) is 4.79. The lowest BCUT2D eigenvalue weighted by molar-refractivity contribution is 0.147. The Kier molecular flexibility index (Phi) is 6.18. The summed E-state index contributed by atoms with van der Waals surface area (Å²) in [7, 11) is 1.61. The van der Waals surface area contributed by atoms with Crippen molar-refractivity contribution in [3.8, 4) is 16.9 Å². The predicted octanol–water partition coefficient (Wildman–Crippen LogP) is 4.62. The zero-order valence-corrected chi connectivity index (χ0v) is 17.3. The summed E-state index contributed by atoms with van der Waals surface area (Å²) < 4.78 is 24.0. The number of nitrogens with two attached hydrogens (primary N) is 1. The molecule has 4 aromatic rings. The second-order valence-electron chi connectivity index (χ2n) is 6.98. The van der Waals surface area contributed by atoms with E-state index in [0.29, 0.717) is 41.7 Å². The lowest BCUT2D eigenvalue weighted by Gasteiger charge is -2.11. The van der Waals surface area contributed by atoms with Crippen LogP contribution in [0.15, 0.2) is 60.7 Å². The molecule has 164 valence electrons. The van der Waals surface area contributed by atoms with Gasteiger partial charge in [-0.2, -0.15) is 5.10 Å². The first kappa shape index (κ1) is 21.1. The van der Waals surface area contributed by atoms with Gasteiger partial charge in [-0.25, -0.2) is 9.18 Å². The molecule has 0 aliphatic heterocycles. The number of H-pyrrole nitrogens is 1. The molecule has 0 radical (unpaired) electrons. The molecule has 0 aliphatic carbocycles. The van der Waals surface area contributed by atoms with Crippen LogP contribution >= 0.6 is 0 Å². The number of ether oxygens (including phenoxy) is 2. The molecule has 5 N–H and O–H groups in total. The fraction of sp³-hybridized carbons (Fsp3) is 0.130. The van der Waals surface area contributed by atoms with Gasteiger partial charge in [0.25, 0.3) is 0 Å². The number of halogens is 1. The summed E-state index contributed by atoms with van der Waals surface area (Å²) in [6, 6.07) is 16.2. The summed E-state index contributed by atoms with van der Waals surface area (Å²) >= 11 is 0. The number of aromatic amines is 1. The average molecular weight is 435 g/mol. The first-order valence-corrected chi connectivity index (χ1v) is 9.87. The van der Waals surface area contributed by atoms with Crippen molar-refractivity contribution in [2.24, 2.45) is 0 Å². The molecule has 8 nitrogen and oxygen atoms in total. The van der Waals surface area contributed by atoms with E-state index in [1.165, 1.54) is 18.2 Å². The van der Waals surface area contributed by atoms with Crippen LogP contribution in [0.4, 0.5) is 26.4 Å². The monoisotopic (exact) mass is 435 g/mol. The minimum Gasteiger partial charge on any atom is -0.489 e. The van der Waals surface area contributed by atoms with Crippen LogP contribution in [0.3, 0.4) is 0 Å². The van der Waals surface area contributed by atoms with Gasteiger partial charge in [-0.15, -0.1) is 0 Å². The van der Waals surface area contributed by atoms with E-state index in [4.69, 9.17) is 15.2 Å². The van der Waals surface area contributed by atoms with Crippen molar-refractivity contribution in [2.75, 3.05) is 36.7 Å². The van der Waals surface area contributed by atoms with E-state index in [0.717, 1.165) is 16.5 Å². The highest BCUT2D eigenvalue weighted by atomic mass is 19.1. The molecule has 9 heteroatoms. The molecule has 0 saturated carbocycles. The molecule has 0 aliphatic rings. The third kappa shape index (κ3) is 4.62. The Morgan fingerprint density at radius 2 is 1.84 bits per heavy atom. The summed E-state index contributed by atoms with van der Waals surface area (Å²) in [4.78, 5) is 12.2. The smallest absolute Gasteiger partial charge is 0.323 e. The van der Waals surface area contributed by atoms with E-state index in [2.05, 4.69) is 20.8 Å². The quantitative estimate of drug-likeness (QED) is 0.316. The van der Waals surface area contributed by atoms with Crippen LogP contribution < -0.4 is 21.1 Å². The largest absolute Gasteiger partial charge is 0.489 e. The Morgan fingerprint density at radius 1 is 1.06 bits per heavy atom. The molecule has 1 aromatic heterocycles. The lowest BCUT2D eigenvalue weighted by Crippen LogP contribution is -2.19. The molecule has 1 heterocycles. The second-order valence-corrected chi connectivity index (χ2v) is 6.98. The summed E-state index contributed by atoms with van der Waals surface area (Å²) in [5, 5.41) is 13.1. The molecule has 0 atom stereocenters. The Labute approximate surface area is 183 Å². The number of anilines is 3. The van der Waals surface area contributed by atoms with Crippen molar-refractivity contribution < 1.29 is 18.7 Å². The molecular weight excluding hydrogens is 413 g/mol. The normalized spacial score (nSPS) is 10.8. The molecule has 32 heavy (non-hydrogen) atoms. The number of amides is 2. The van der Waals surface area contributed by atoms with E-state index < -0.39 is 11.8 Å². The number of urea groups is 1. The number of carbonyl (C=O) groups is 1. The standard InChI is InChI=1S/C23H22FN5O3/c1-31-11-12-32-19-10-9-18(20-21(19)28-29-22(20)25)14-5-7-16(8-6-14)26-23(30)27-17-4-2-3-15(24)13-17/h2-10,13H,11-12H2,1H3,(H3,25,28,29)(H2,26,27,30). The maximum absolute atomic E-state index is 13.3. The summed E-state index contributed by atoms with van der Waals surface area (Å²) in [6.07, 6.45) is 0. The first-order valence-electron chi connectivity index (χ1n) is 9.87. The van der Waals surface area contributed by atoms with Crippen molar-refractivity contribution in [1.29, 1.82) is 0 Å². The van der Waals surface area contributed by atoms with Crippen LogP contribution in [0.25, 0.3) is 22.0 Å². The zero-order chi connectivity index (χ0) is 22.5. The maximum Gasteiger partial charge on any atom is 0.323 e. The van der Waals surface area contributed by atoms with Gasteiger partial charge in [0.05, 0.1) is 12.0 Å². The van der Waals surface area contributed by atoms with Crippen LogP contribution in [0.1, 0.15) is 0 Å². The SMILES string of the molecule is COCCOc1ccc(-c2ccc(NC(=O)Nc3cccc(F)c3)cc2)c2c(N)n[nH]c12. The molecule has 0 spiro atoms. The van der Waals surface area contributed by atoms with Crippen molar-refractivity contribution in [3.63, 3.8) is 0 Å². The van der Waals surface area contributed by atoms with Crippen LogP contribution in [-0.4, -0.2) is 36.6 Å². The van der Waals surface area contributed by atoms with Gasteiger partial charge in [-0.05, 0) is 53.6 Å². The number of fused-ring (bicyclic) bond motifs is 1. The molecule has 4 rings (SSSR count). The van der Waals surface area contributed by atoms with Crippen LogP contribution in [0.2, 0.25) is 0 Å². The first-order chi connectivity index (χ1) is 15.5. The fourth-order valence-electron chi connectivity index (χ4n) is 3.32. The summed E-state index contributed by atoms with van der Waals surface area (Å²) in [6.45, 7) is 0.871. The highest BCUT2D eigenvalue weighted by molar-refractivity contribution is 6.04. The van der Waals surface area contributed by atoms with E-state index in [9.17, 15) is 9.18 Å². The fourth-order valence-corrected chi connectivity index (χ4v) is 3.32. The predicted molar refractivity (Wildman–Crippen MR) is 122 cm³/mol. The van der Waals surface area contributed by atoms with Crippen LogP contribution in [0.5, 0.6) is 5.75 Å². The number of benzene rings is 3. The molecule has 2 amide bonds. The minimum absolute atomic E-state index is 0.365. The third-order valence-electron chi connectivity index (χ3n) is 4.79. The van der Waals surface area contributed by atoms with Crippen molar-refractivity contribution in [3.05, 3.63) is 66.5 Å². The number of nitrogens with zero attached hydrogens (tertiary/aromatic N) is 1. The van der Waals surface area contributed by atoms with Crippen LogP contribution in [-0.2, 0) is 4.74 Å². The van der Waals surface area contributed by atoms with Gasteiger partial charge >= 0.3 is 6.03 Å². The Morgan fingerprint density at radius 3 is 2.59 bits per heavy atom. The van der Waals surface area contributed by atoms with Gasteiger partial charge in [0.15, 0.2) is 5.82 Å². The number of hydrogen-bond donors (Lipinski definition) is 4. The second kappa shape index (κ2) is 9.36. The summed E-state index contributed by atoms with van der Waals surface area (Å²) in [5.74, 6) is 0.577. The van der Waals surface area contributed by atoms with Crippen molar-refractivity contribution in [1.82, 2.24) is 10.2 Å². The van der Waals surface area contributed by atoms with Gasteiger partial charge in [-0.3, -0.25) is 5.10 Å². The highest BCUT2D eigenvalue weighted by Gasteiger charge is 2.15. The van der Waals surface area contributed by atoms with Crippen LogP contribution in [0, 0.1) is 5.82 Å². The van der Waals surface area contributed by atoms with Crippen molar-refractivity contribution in [2.45, 2.75) is 0 Å². The number of nitrogens with one attached hydrogen (secondary N) is 3. The highest BCUT2D eigenvalue weighted by Crippen LogP contribution is 2.36. The van der Waals surface area contributed by atoms with E-state index in [-0.39, 0.29) is 0 Å². The molecule has 0 fully saturated rings. The summed E-state index contributed by atoms with van der Waals surface area (Å²) in [5.41, 5.74) is 9.52. The van der Waals surface area contributed by atoms with Gasteiger partial charge in [0.1, 0.15) is 23.7 Å². The molecule has 0 unspecified atom stereocenters. The Hall–Kier alpha value is -4.11. The number of carbonyl (C=O) groups excluding carboxylic acids is 1. The lowest BCUT2D eigenvalue weighted by atomic mass is 10.0. The molecule has 3 aromatic carbocycles. The number of rotatable bonds is 7. The van der Waals surface area contributed by atoms with Gasteiger partial charge in [0.2, 0.25) is 0 Å². The molecule has 0 bridgehead atoms. The van der Waals surface area contributed by atoms with Gasteiger partial charge in [0, 0.05) is 18.5 Å². The number of methoxy groups -OCH3 is 1. The number of aromatic nitrogens is 2. The number of hydrogen-bond acceptors (Lipinski definition) is 5. The molecule has 0 saturated heterocycles. The minimum atomic E-state index is -0.470. The topological polar surface area (TPSA) is 114 Å². The number of nitrogen functional groups attached to an aromatic ring is 1. The maximum atomic E-state index is 13.3. The zero-order valence-electron chi connectivity index (χ0n) is 17.3. The van der Waals surface area contributed by atoms with Gasteiger partial charge in [-0.1, -0.05) is 18.2 Å². The van der Waals surface area contributed by atoms with E-state index >= 15 is 0 Å².